The fourth-order valence-electron chi connectivity index (χ4n) is 8.56. The van der Waals surface area contributed by atoms with Gasteiger partial charge in [-0.15, -0.1) is 0 Å². The molecule has 0 spiro atoms. The van der Waals surface area contributed by atoms with Crippen molar-refractivity contribution in [3.63, 3.8) is 0 Å². The number of allylic oxidation sites excluding steroid dienone is 3. The van der Waals surface area contributed by atoms with E-state index in [1.54, 1.807) is 0 Å². The van der Waals surface area contributed by atoms with E-state index in [2.05, 4.69) is 53.7 Å². The molecule has 0 heterocycles. The van der Waals surface area contributed by atoms with Crippen LogP contribution in [-0.2, 0) is 0 Å². The van der Waals surface area contributed by atoms with Crippen LogP contribution in [0.15, 0.2) is 23.3 Å². The second-order valence-corrected chi connectivity index (χ2v) is 12.6. The van der Waals surface area contributed by atoms with Crippen LogP contribution in [0.4, 0.5) is 0 Å². The Morgan fingerprint density at radius 3 is 2.48 bits per heavy atom. The lowest BCUT2D eigenvalue weighted by atomic mass is 9.51. The lowest BCUT2D eigenvalue weighted by Gasteiger charge is -2.54. The first-order valence-corrected chi connectivity index (χ1v) is 13.4. The van der Waals surface area contributed by atoms with Crippen molar-refractivity contribution < 1.29 is 10.2 Å². The SMILES string of the molecule is CC[C@H](CC[C@@H](C)[C@H]1CC[C@H]2C3=C[C@H](O)[C@H]4C[C@@H](O)CC[C@]4(C)C3=CC[C@]12C)C(C)C. The number of rotatable bonds is 6. The fourth-order valence-corrected chi connectivity index (χ4v) is 8.56. The molecule has 4 aliphatic rings. The molecule has 9 atom stereocenters. The summed E-state index contributed by atoms with van der Waals surface area (Å²) in [5.74, 6) is 4.00. The van der Waals surface area contributed by atoms with E-state index in [1.807, 2.05) is 0 Å². The largest absolute Gasteiger partial charge is 0.393 e. The van der Waals surface area contributed by atoms with Gasteiger partial charge in [0.1, 0.15) is 0 Å². The molecule has 0 aromatic carbocycles. The fraction of sp³-hybridized carbons (Fsp3) is 0.862. The summed E-state index contributed by atoms with van der Waals surface area (Å²) in [6.45, 7) is 14.6. The van der Waals surface area contributed by atoms with Crippen LogP contribution in [0.1, 0.15) is 99.3 Å². The highest BCUT2D eigenvalue weighted by atomic mass is 16.3. The van der Waals surface area contributed by atoms with Gasteiger partial charge in [-0.25, -0.2) is 0 Å². The van der Waals surface area contributed by atoms with Gasteiger partial charge in [0.05, 0.1) is 12.2 Å². The smallest absolute Gasteiger partial charge is 0.0764 e. The van der Waals surface area contributed by atoms with Crippen molar-refractivity contribution in [3.05, 3.63) is 23.3 Å². The molecule has 0 radical (unpaired) electrons. The summed E-state index contributed by atoms with van der Waals surface area (Å²) in [5.41, 5.74) is 3.40. The molecule has 0 bridgehead atoms. The summed E-state index contributed by atoms with van der Waals surface area (Å²) in [5, 5.41) is 21.4. The van der Waals surface area contributed by atoms with Crippen molar-refractivity contribution in [2.45, 2.75) is 112 Å². The van der Waals surface area contributed by atoms with Crippen molar-refractivity contribution >= 4 is 0 Å². The van der Waals surface area contributed by atoms with Crippen LogP contribution in [0.25, 0.3) is 0 Å². The molecule has 0 aliphatic heterocycles. The highest BCUT2D eigenvalue weighted by Gasteiger charge is 2.56. The Morgan fingerprint density at radius 2 is 1.81 bits per heavy atom. The van der Waals surface area contributed by atoms with Gasteiger partial charge in [0, 0.05) is 5.92 Å². The van der Waals surface area contributed by atoms with E-state index in [0.717, 1.165) is 42.9 Å². The first-order chi connectivity index (χ1) is 14.6. The van der Waals surface area contributed by atoms with Gasteiger partial charge in [0.25, 0.3) is 0 Å². The molecule has 0 aromatic rings. The van der Waals surface area contributed by atoms with Crippen LogP contribution < -0.4 is 0 Å². The number of aliphatic hydroxyl groups is 2. The Labute approximate surface area is 191 Å². The highest BCUT2D eigenvalue weighted by Crippen LogP contribution is 2.65. The van der Waals surface area contributed by atoms with Gasteiger partial charge in [-0.3, -0.25) is 0 Å². The molecule has 176 valence electrons. The number of aliphatic hydroxyl groups excluding tert-OH is 2. The molecule has 2 nitrogen and oxygen atoms in total. The minimum atomic E-state index is -0.401. The molecule has 0 aromatic heterocycles. The molecule has 2 N–H and O–H groups in total. The molecule has 0 unspecified atom stereocenters. The normalized spacial score (nSPS) is 44.1. The summed E-state index contributed by atoms with van der Waals surface area (Å²) >= 11 is 0. The lowest BCUT2D eigenvalue weighted by Crippen LogP contribution is -2.49. The molecule has 4 rings (SSSR count). The predicted molar refractivity (Wildman–Crippen MR) is 130 cm³/mol. The second kappa shape index (κ2) is 8.64. The first kappa shape index (κ1) is 23.6. The molecular weight excluding hydrogens is 380 g/mol. The lowest BCUT2D eigenvalue weighted by molar-refractivity contribution is -0.0235. The van der Waals surface area contributed by atoms with Gasteiger partial charge in [-0.2, -0.15) is 0 Å². The van der Waals surface area contributed by atoms with Gasteiger partial charge in [-0.05, 0) is 96.5 Å². The maximum absolute atomic E-state index is 11.1. The molecule has 2 fully saturated rings. The third-order valence-corrected chi connectivity index (χ3v) is 10.7. The third kappa shape index (κ3) is 3.88. The van der Waals surface area contributed by atoms with Crippen LogP contribution in [0.2, 0.25) is 0 Å². The van der Waals surface area contributed by atoms with Crippen molar-refractivity contribution in [3.8, 4) is 0 Å². The van der Waals surface area contributed by atoms with Crippen molar-refractivity contribution in [2.24, 2.45) is 46.3 Å². The number of hydrogen-bond donors (Lipinski definition) is 2. The van der Waals surface area contributed by atoms with E-state index in [-0.39, 0.29) is 17.4 Å². The highest BCUT2D eigenvalue weighted by molar-refractivity contribution is 5.47. The maximum atomic E-state index is 11.1. The topological polar surface area (TPSA) is 40.5 Å². The van der Waals surface area contributed by atoms with E-state index in [0.29, 0.717) is 11.3 Å². The van der Waals surface area contributed by atoms with Crippen LogP contribution in [0.5, 0.6) is 0 Å². The maximum Gasteiger partial charge on any atom is 0.0764 e. The van der Waals surface area contributed by atoms with Crippen molar-refractivity contribution in [1.29, 1.82) is 0 Å². The zero-order chi connectivity index (χ0) is 22.6. The van der Waals surface area contributed by atoms with Gasteiger partial charge >= 0.3 is 0 Å². The monoisotopic (exact) mass is 428 g/mol. The van der Waals surface area contributed by atoms with Gasteiger partial charge < -0.3 is 10.2 Å². The number of fused-ring (bicyclic) bond motifs is 5. The zero-order valence-electron chi connectivity index (χ0n) is 21.0. The Hall–Kier alpha value is -0.600. The van der Waals surface area contributed by atoms with E-state index < -0.39 is 6.10 Å². The van der Waals surface area contributed by atoms with Crippen LogP contribution in [-0.4, -0.2) is 22.4 Å². The van der Waals surface area contributed by atoms with Gasteiger partial charge in [-0.1, -0.05) is 66.5 Å². The summed E-state index contributed by atoms with van der Waals surface area (Å²) in [6, 6.07) is 0. The molecule has 0 saturated heterocycles. The van der Waals surface area contributed by atoms with E-state index in [9.17, 15) is 10.2 Å². The average molecular weight is 429 g/mol. The predicted octanol–water partition coefficient (Wildman–Crippen LogP) is 6.92. The Bertz CT molecular complexity index is 720. The number of hydrogen-bond acceptors (Lipinski definition) is 2. The third-order valence-electron chi connectivity index (χ3n) is 10.7. The molecule has 31 heavy (non-hydrogen) atoms. The standard InChI is InChI=1S/C29H48O2/c1-7-20(18(2)3)9-8-19(4)23-10-11-24-22-17-27(31)26-16-21(30)12-14-29(26,6)25(22)13-15-28(23,24)5/h13,17-21,23-24,26-27,30-31H,7-12,14-16H2,1-6H3/t19-,20-,21+,23-,24+,26-,27+,28-,29-/m1/s1. The van der Waals surface area contributed by atoms with Crippen molar-refractivity contribution in [1.82, 2.24) is 0 Å². The Kier molecular flexibility index (Phi) is 6.56. The van der Waals surface area contributed by atoms with Crippen LogP contribution in [0.3, 0.4) is 0 Å². The van der Waals surface area contributed by atoms with E-state index >= 15 is 0 Å². The summed E-state index contributed by atoms with van der Waals surface area (Å²) < 4.78 is 0. The molecule has 2 heteroatoms. The molecule has 4 aliphatic carbocycles. The Morgan fingerprint density at radius 1 is 1.06 bits per heavy atom. The van der Waals surface area contributed by atoms with Gasteiger partial charge in [0.2, 0.25) is 0 Å². The molecule has 2 saturated carbocycles. The van der Waals surface area contributed by atoms with E-state index in [4.69, 9.17) is 0 Å². The Balaban J connectivity index is 1.55. The van der Waals surface area contributed by atoms with Crippen molar-refractivity contribution in [2.75, 3.05) is 0 Å². The summed E-state index contributed by atoms with van der Waals surface area (Å²) in [6.07, 6.45) is 14.6. The van der Waals surface area contributed by atoms with E-state index in [1.165, 1.54) is 49.7 Å². The van der Waals surface area contributed by atoms with Crippen LogP contribution in [0, 0.1) is 46.3 Å². The molecular formula is C29H48O2. The minimum Gasteiger partial charge on any atom is -0.393 e. The van der Waals surface area contributed by atoms with Crippen LogP contribution >= 0.6 is 0 Å². The summed E-state index contributed by atoms with van der Waals surface area (Å²) in [7, 11) is 0. The summed E-state index contributed by atoms with van der Waals surface area (Å²) in [4.78, 5) is 0. The first-order valence-electron chi connectivity index (χ1n) is 13.4. The quantitative estimate of drug-likeness (QED) is 0.482. The minimum absolute atomic E-state index is 0.0410. The molecule has 0 amide bonds. The second-order valence-electron chi connectivity index (χ2n) is 12.6. The van der Waals surface area contributed by atoms with Gasteiger partial charge in [0.15, 0.2) is 0 Å². The zero-order valence-corrected chi connectivity index (χ0v) is 21.0. The average Bonchev–Trinajstić information content (AvgIpc) is 3.07.